The van der Waals surface area contributed by atoms with Crippen molar-refractivity contribution in [1.29, 1.82) is 0 Å². The van der Waals surface area contributed by atoms with Crippen LogP contribution < -0.4 is 10.6 Å². The highest BCUT2D eigenvalue weighted by Crippen LogP contribution is 2.11. The first-order valence-corrected chi connectivity index (χ1v) is 6.71. The number of hydrogen-bond acceptors (Lipinski definition) is 2. The molecule has 0 aromatic heterocycles. The van der Waals surface area contributed by atoms with E-state index in [1.54, 1.807) is 0 Å². The Kier molecular flexibility index (Phi) is 4.20. The van der Waals surface area contributed by atoms with Gasteiger partial charge in [0, 0.05) is 6.42 Å². The van der Waals surface area contributed by atoms with Gasteiger partial charge in [0.1, 0.15) is 12.1 Å². The molecular weight excluding hydrogens is 240 g/mol. The first kappa shape index (κ1) is 13.6. The molecule has 102 valence electrons. The van der Waals surface area contributed by atoms with Gasteiger partial charge in [0.25, 0.3) is 0 Å². The van der Waals surface area contributed by atoms with Gasteiger partial charge in [-0.05, 0) is 17.9 Å². The van der Waals surface area contributed by atoms with Crippen LogP contribution in [-0.4, -0.2) is 23.9 Å². The molecule has 0 bridgehead atoms. The zero-order chi connectivity index (χ0) is 13.8. The van der Waals surface area contributed by atoms with Crippen molar-refractivity contribution >= 4 is 11.8 Å². The fourth-order valence-electron chi connectivity index (χ4n) is 2.31. The highest BCUT2D eigenvalue weighted by Gasteiger charge is 2.33. The molecule has 2 atom stereocenters. The van der Waals surface area contributed by atoms with Crippen LogP contribution in [0.5, 0.6) is 0 Å². The first-order chi connectivity index (χ1) is 9.06. The average Bonchev–Trinajstić information content (AvgIpc) is 2.36. The summed E-state index contributed by atoms with van der Waals surface area (Å²) in [5.74, 6) is 0.213. The summed E-state index contributed by atoms with van der Waals surface area (Å²) in [6.07, 6.45) is 1.21. The standard InChI is InChI=1S/C15H20N2O2/c1-10(2)8-12-14(18)17-13(15(19)16-12)9-11-6-4-3-5-7-11/h3-7,10,12-13H,8-9H2,1-2H3,(H,16,19)(H,17,18)/t12-,13+/m0/s1. The molecular formula is C15H20N2O2. The highest BCUT2D eigenvalue weighted by molar-refractivity contribution is 5.97. The fraction of sp³-hybridized carbons (Fsp3) is 0.467. The quantitative estimate of drug-likeness (QED) is 0.856. The van der Waals surface area contributed by atoms with Crippen molar-refractivity contribution < 1.29 is 9.59 Å². The van der Waals surface area contributed by atoms with Gasteiger partial charge in [0.15, 0.2) is 0 Å². The molecule has 1 aliphatic heterocycles. The van der Waals surface area contributed by atoms with Gasteiger partial charge in [0.05, 0.1) is 0 Å². The SMILES string of the molecule is CC(C)C[C@@H]1NC(=O)[C@@H](Cc2ccccc2)NC1=O. The second-order valence-corrected chi connectivity index (χ2v) is 5.44. The maximum Gasteiger partial charge on any atom is 0.243 e. The monoisotopic (exact) mass is 260 g/mol. The van der Waals surface area contributed by atoms with Gasteiger partial charge in [0.2, 0.25) is 11.8 Å². The third-order valence-electron chi connectivity index (χ3n) is 3.26. The van der Waals surface area contributed by atoms with E-state index < -0.39 is 6.04 Å². The molecule has 0 spiro atoms. The van der Waals surface area contributed by atoms with Crippen molar-refractivity contribution in [3.63, 3.8) is 0 Å². The van der Waals surface area contributed by atoms with E-state index in [0.717, 1.165) is 5.56 Å². The Balaban J connectivity index is 1.99. The van der Waals surface area contributed by atoms with Gasteiger partial charge >= 0.3 is 0 Å². The van der Waals surface area contributed by atoms with Crippen molar-refractivity contribution in [3.8, 4) is 0 Å². The Morgan fingerprint density at radius 3 is 2.21 bits per heavy atom. The molecule has 2 N–H and O–H groups in total. The Morgan fingerprint density at radius 2 is 1.58 bits per heavy atom. The number of carbonyl (C=O) groups excluding carboxylic acids is 2. The zero-order valence-electron chi connectivity index (χ0n) is 11.3. The molecule has 1 heterocycles. The molecule has 19 heavy (non-hydrogen) atoms. The predicted molar refractivity (Wildman–Crippen MR) is 73.5 cm³/mol. The lowest BCUT2D eigenvalue weighted by Gasteiger charge is -2.30. The van der Waals surface area contributed by atoms with Crippen LogP contribution in [0.3, 0.4) is 0 Å². The van der Waals surface area contributed by atoms with Crippen molar-refractivity contribution in [2.24, 2.45) is 5.92 Å². The van der Waals surface area contributed by atoms with Gasteiger partial charge in [-0.2, -0.15) is 0 Å². The maximum atomic E-state index is 12.0. The van der Waals surface area contributed by atoms with Crippen LogP contribution in [0.2, 0.25) is 0 Å². The van der Waals surface area contributed by atoms with Gasteiger partial charge in [-0.15, -0.1) is 0 Å². The number of hydrogen-bond donors (Lipinski definition) is 2. The summed E-state index contributed by atoms with van der Waals surface area (Å²) in [7, 11) is 0. The normalized spacial score (nSPS) is 23.1. The minimum Gasteiger partial charge on any atom is -0.343 e. The summed E-state index contributed by atoms with van der Waals surface area (Å²) in [6, 6.07) is 8.86. The van der Waals surface area contributed by atoms with E-state index in [1.165, 1.54) is 0 Å². The molecule has 2 rings (SSSR count). The van der Waals surface area contributed by atoms with E-state index in [9.17, 15) is 9.59 Å². The van der Waals surface area contributed by atoms with Gasteiger partial charge in [-0.3, -0.25) is 9.59 Å². The molecule has 0 radical (unpaired) electrons. The van der Waals surface area contributed by atoms with E-state index in [4.69, 9.17) is 0 Å². The average molecular weight is 260 g/mol. The maximum absolute atomic E-state index is 12.0. The number of rotatable bonds is 4. The van der Waals surface area contributed by atoms with Crippen LogP contribution in [0.25, 0.3) is 0 Å². The van der Waals surface area contributed by atoms with Crippen LogP contribution >= 0.6 is 0 Å². The number of piperazine rings is 1. The van der Waals surface area contributed by atoms with Crippen LogP contribution in [0, 0.1) is 5.92 Å². The summed E-state index contributed by atoms with van der Waals surface area (Å²) >= 11 is 0. The fourth-order valence-corrected chi connectivity index (χ4v) is 2.31. The number of nitrogens with one attached hydrogen (secondary N) is 2. The van der Waals surface area contributed by atoms with Crippen LogP contribution in [0.1, 0.15) is 25.8 Å². The Hall–Kier alpha value is -1.84. The number of carbonyl (C=O) groups is 2. The summed E-state index contributed by atoms with van der Waals surface area (Å²) in [4.78, 5) is 24.0. The molecule has 4 heteroatoms. The van der Waals surface area contributed by atoms with E-state index >= 15 is 0 Å². The summed E-state index contributed by atoms with van der Waals surface area (Å²) in [6.45, 7) is 4.07. The molecule has 0 unspecified atom stereocenters. The molecule has 0 saturated carbocycles. The molecule has 1 saturated heterocycles. The van der Waals surface area contributed by atoms with Gasteiger partial charge in [-0.1, -0.05) is 44.2 Å². The third kappa shape index (κ3) is 3.56. The lowest BCUT2D eigenvalue weighted by atomic mass is 9.97. The zero-order valence-corrected chi connectivity index (χ0v) is 11.3. The minimum absolute atomic E-state index is 0.0748. The lowest BCUT2D eigenvalue weighted by molar-refractivity contribution is -0.137. The van der Waals surface area contributed by atoms with Crippen molar-refractivity contribution in [1.82, 2.24) is 10.6 Å². The largest absolute Gasteiger partial charge is 0.343 e. The smallest absolute Gasteiger partial charge is 0.243 e. The summed E-state index contributed by atoms with van der Waals surface area (Å²) in [5, 5.41) is 5.64. The Labute approximate surface area is 113 Å². The number of amides is 2. The van der Waals surface area contributed by atoms with Crippen molar-refractivity contribution in [2.75, 3.05) is 0 Å². The van der Waals surface area contributed by atoms with E-state index in [0.29, 0.717) is 18.8 Å². The minimum atomic E-state index is -0.460. The Morgan fingerprint density at radius 1 is 1.00 bits per heavy atom. The van der Waals surface area contributed by atoms with Crippen LogP contribution in [0.15, 0.2) is 30.3 Å². The van der Waals surface area contributed by atoms with E-state index in [1.807, 2.05) is 44.2 Å². The second kappa shape index (κ2) is 5.87. The Bertz CT molecular complexity index is 456. The molecule has 1 aromatic carbocycles. The molecule has 4 nitrogen and oxygen atoms in total. The number of benzene rings is 1. The topological polar surface area (TPSA) is 58.2 Å². The highest BCUT2D eigenvalue weighted by atomic mass is 16.2. The van der Waals surface area contributed by atoms with E-state index in [2.05, 4.69) is 10.6 Å². The predicted octanol–water partition coefficient (Wildman–Crippen LogP) is 1.26. The van der Waals surface area contributed by atoms with Crippen LogP contribution in [-0.2, 0) is 16.0 Å². The molecule has 1 fully saturated rings. The molecule has 1 aromatic rings. The first-order valence-electron chi connectivity index (χ1n) is 6.71. The second-order valence-electron chi connectivity index (χ2n) is 5.44. The third-order valence-corrected chi connectivity index (χ3v) is 3.26. The lowest BCUT2D eigenvalue weighted by Crippen LogP contribution is -2.62. The van der Waals surface area contributed by atoms with Crippen molar-refractivity contribution in [2.45, 2.75) is 38.8 Å². The van der Waals surface area contributed by atoms with Crippen molar-refractivity contribution in [3.05, 3.63) is 35.9 Å². The molecule has 1 aliphatic rings. The summed E-state index contributed by atoms with van der Waals surface area (Å²) in [5.41, 5.74) is 1.05. The van der Waals surface area contributed by atoms with Gasteiger partial charge in [-0.25, -0.2) is 0 Å². The van der Waals surface area contributed by atoms with E-state index in [-0.39, 0.29) is 17.9 Å². The van der Waals surface area contributed by atoms with Gasteiger partial charge < -0.3 is 10.6 Å². The molecule has 0 aliphatic carbocycles. The summed E-state index contributed by atoms with van der Waals surface area (Å²) < 4.78 is 0. The molecule has 2 amide bonds. The van der Waals surface area contributed by atoms with Crippen LogP contribution in [0.4, 0.5) is 0 Å².